The summed E-state index contributed by atoms with van der Waals surface area (Å²) in [6.45, 7) is 7.51. The minimum Gasteiger partial charge on any atom is -0.508 e. The van der Waals surface area contributed by atoms with E-state index in [1.807, 2.05) is 29.2 Å². The highest BCUT2D eigenvalue weighted by molar-refractivity contribution is 6.09. The number of methoxy groups -OCH3 is 1. The minimum atomic E-state index is -0.127. The van der Waals surface area contributed by atoms with Gasteiger partial charge in [-0.05, 0) is 47.6 Å². The Balaban J connectivity index is 1.62. The maximum atomic E-state index is 13.8. The number of hydrogen-bond acceptors (Lipinski definition) is 3. The van der Waals surface area contributed by atoms with E-state index in [0.29, 0.717) is 30.0 Å². The highest BCUT2D eigenvalue weighted by atomic mass is 16.5. The van der Waals surface area contributed by atoms with Gasteiger partial charge in [-0.15, -0.1) is 0 Å². The van der Waals surface area contributed by atoms with Gasteiger partial charge in [0.15, 0.2) is 0 Å². The van der Waals surface area contributed by atoms with Crippen molar-refractivity contribution in [3.63, 3.8) is 0 Å². The summed E-state index contributed by atoms with van der Waals surface area (Å²) in [7, 11) is 1.63. The molecule has 5 heteroatoms. The van der Waals surface area contributed by atoms with Gasteiger partial charge in [0.1, 0.15) is 11.5 Å². The van der Waals surface area contributed by atoms with E-state index in [-0.39, 0.29) is 22.8 Å². The Labute approximate surface area is 176 Å². The molecule has 2 aliphatic rings. The van der Waals surface area contributed by atoms with Crippen LogP contribution in [0.1, 0.15) is 48.7 Å². The molecule has 2 heterocycles. The van der Waals surface area contributed by atoms with E-state index in [0.717, 1.165) is 22.9 Å². The lowest BCUT2D eigenvalue weighted by Crippen LogP contribution is -2.64. The molecule has 0 radical (unpaired) electrons. The van der Waals surface area contributed by atoms with Gasteiger partial charge in [-0.3, -0.25) is 4.79 Å². The zero-order chi connectivity index (χ0) is 21.3. The largest absolute Gasteiger partial charge is 0.508 e. The van der Waals surface area contributed by atoms with Crippen molar-refractivity contribution >= 4 is 16.8 Å². The lowest BCUT2D eigenvalue weighted by Gasteiger charge is -2.60. The molecule has 1 aromatic heterocycles. The minimum absolute atomic E-state index is 0.00390. The normalized spacial score (nSPS) is 24.5. The average molecular weight is 405 g/mol. The topological polar surface area (TPSA) is 65.6 Å². The molecule has 2 atom stereocenters. The van der Waals surface area contributed by atoms with E-state index < -0.39 is 0 Å². The van der Waals surface area contributed by atoms with Crippen LogP contribution in [0.25, 0.3) is 10.9 Å². The Hall–Kier alpha value is -2.95. The molecule has 1 aliphatic heterocycles. The molecule has 5 nitrogen and oxygen atoms in total. The Bertz CT molecular complexity index is 1160. The molecule has 2 aromatic carbocycles. The Morgan fingerprint density at radius 3 is 2.73 bits per heavy atom. The summed E-state index contributed by atoms with van der Waals surface area (Å²) in [6, 6.07) is 11.6. The Kier molecular flexibility index (Phi) is 3.98. The summed E-state index contributed by atoms with van der Waals surface area (Å²) in [5, 5.41) is 11.4. The number of nitrogens with one attached hydrogen (secondary N) is 1. The number of amides is 1. The van der Waals surface area contributed by atoms with Gasteiger partial charge in [-0.25, -0.2) is 0 Å². The standard InChI is InChI=1S/C25H28N2O3/c1-24(2)21-13-15-17(7-5-9-19(15)28)25(24,3)11-12-27(21)23(29)16-14-26-18-8-6-10-20(30-4)22(16)18/h5-10,14,21,26,28H,11-13H2,1-4H3/t21?,25-/m0/s1. The zero-order valence-electron chi connectivity index (χ0n) is 18.0. The summed E-state index contributed by atoms with van der Waals surface area (Å²) in [5.41, 5.74) is 3.52. The lowest BCUT2D eigenvalue weighted by atomic mass is 9.51. The van der Waals surface area contributed by atoms with E-state index in [9.17, 15) is 9.90 Å². The number of nitrogens with zero attached hydrogens (tertiary/aromatic N) is 1. The second-order valence-corrected chi connectivity index (χ2v) is 9.41. The van der Waals surface area contributed by atoms with E-state index >= 15 is 0 Å². The number of ether oxygens (including phenoxy) is 1. The van der Waals surface area contributed by atoms with Crippen molar-refractivity contribution in [2.45, 2.75) is 45.1 Å². The van der Waals surface area contributed by atoms with Gasteiger partial charge in [-0.2, -0.15) is 0 Å². The van der Waals surface area contributed by atoms with Crippen molar-refractivity contribution in [1.29, 1.82) is 0 Å². The summed E-state index contributed by atoms with van der Waals surface area (Å²) < 4.78 is 5.54. The van der Waals surface area contributed by atoms with Crippen LogP contribution in [0.3, 0.4) is 0 Å². The van der Waals surface area contributed by atoms with Gasteiger partial charge >= 0.3 is 0 Å². The fourth-order valence-corrected chi connectivity index (χ4v) is 5.81. The highest BCUT2D eigenvalue weighted by Crippen LogP contribution is 2.57. The lowest BCUT2D eigenvalue weighted by molar-refractivity contribution is -0.0265. The van der Waals surface area contributed by atoms with Gasteiger partial charge in [0.25, 0.3) is 5.91 Å². The third-order valence-electron chi connectivity index (χ3n) is 8.01. The monoisotopic (exact) mass is 404 g/mol. The van der Waals surface area contributed by atoms with Crippen LogP contribution in [0.4, 0.5) is 0 Å². The first kappa shape index (κ1) is 19.0. The predicted octanol–water partition coefficient (Wildman–Crippen LogP) is 4.64. The maximum absolute atomic E-state index is 13.8. The van der Waals surface area contributed by atoms with Crippen molar-refractivity contribution in [2.24, 2.45) is 5.41 Å². The van der Waals surface area contributed by atoms with Crippen LogP contribution in [-0.4, -0.2) is 40.6 Å². The Morgan fingerprint density at radius 1 is 1.20 bits per heavy atom. The number of rotatable bonds is 2. The third-order valence-corrected chi connectivity index (χ3v) is 8.01. The van der Waals surface area contributed by atoms with Crippen LogP contribution in [-0.2, 0) is 11.8 Å². The average Bonchev–Trinajstić information content (AvgIpc) is 3.15. The number of aromatic amines is 1. The number of H-pyrrole nitrogens is 1. The number of carbonyl (C=O) groups is 1. The van der Waals surface area contributed by atoms with Crippen molar-refractivity contribution in [1.82, 2.24) is 9.88 Å². The molecule has 2 N–H and O–H groups in total. The van der Waals surface area contributed by atoms with E-state index in [1.54, 1.807) is 19.4 Å². The summed E-state index contributed by atoms with van der Waals surface area (Å²) in [6.07, 6.45) is 3.32. The SMILES string of the molecule is COc1cccc2[nH]cc(C(=O)N3CC[C@@]4(C)c5cccc(O)c5CC3C4(C)C)c12. The maximum Gasteiger partial charge on any atom is 0.256 e. The third kappa shape index (κ3) is 2.32. The van der Waals surface area contributed by atoms with Crippen molar-refractivity contribution in [3.8, 4) is 11.5 Å². The van der Waals surface area contributed by atoms with Crippen LogP contribution in [0, 0.1) is 5.41 Å². The van der Waals surface area contributed by atoms with E-state index in [2.05, 4.69) is 31.8 Å². The molecule has 0 spiro atoms. The van der Waals surface area contributed by atoms with Crippen LogP contribution in [0.2, 0.25) is 0 Å². The number of phenols is 1. The van der Waals surface area contributed by atoms with Gasteiger partial charge < -0.3 is 19.7 Å². The van der Waals surface area contributed by atoms with Gasteiger partial charge in [0.2, 0.25) is 0 Å². The first-order valence-electron chi connectivity index (χ1n) is 10.6. The number of carbonyl (C=O) groups excluding carboxylic acids is 1. The quantitative estimate of drug-likeness (QED) is 0.654. The van der Waals surface area contributed by atoms with Crippen LogP contribution >= 0.6 is 0 Å². The zero-order valence-corrected chi connectivity index (χ0v) is 18.0. The molecule has 156 valence electrons. The number of fused-ring (bicyclic) bond motifs is 5. The Morgan fingerprint density at radius 2 is 1.97 bits per heavy atom. The molecule has 1 fully saturated rings. The molecule has 1 unspecified atom stereocenters. The van der Waals surface area contributed by atoms with Gasteiger partial charge in [0.05, 0.1) is 18.1 Å². The molecule has 5 rings (SSSR count). The van der Waals surface area contributed by atoms with E-state index in [4.69, 9.17) is 4.74 Å². The fraction of sp³-hybridized carbons (Fsp3) is 0.400. The van der Waals surface area contributed by atoms with Gasteiger partial charge in [0, 0.05) is 29.7 Å². The molecule has 2 bridgehead atoms. The molecule has 1 amide bonds. The smallest absolute Gasteiger partial charge is 0.256 e. The predicted molar refractivity (Wildman–Crippen MR) is 117 cm³/mol. The van der Waals surface area contributed by atoms with E-state index in [1.165, 1.54) is 5.56 Å². The molecular formula is C25H28N2O3. The number of hydrogen-bond donors (Lipinski definition) is 2. The number of piperidine rings is 1. The molecule has 0 saturated carbocycles. The second-order valence-electron chi connectivity index (χ2n) is 9.41. The molecule has 1 saturated heterocycles. The molecule has 1 aliphatic carbocycles. The number of aromatic nitrogens is 1. The summed E-state index contributed by atoms with van der Waals surface area (Å²) in [5.74, 6) is 1.05. The second kappa shape index (κ2) is 6.27. The summed E-state index contributed by atoms with van der Waals surface area (Å²) in [4.78, 5) is 19.1. The van der Waals surface area contributed by atoms with Crippen LogP contribution in [0.15, 0.2) is 42.6 Å². The highest BCUT2D eigenvalue weighted by Gasteiger charge is 2.57. The number of benzene rings is 2. The first-order valence-corrected chi connectivity index (χ1v) is 10.6. The van der Waals surface area contributed by atoms with Gasteiger partial charge in [-0.1, -0.05) is 39.0 Å². The number of phenolic OH excluding ortho intramolecular Hbond substituents is 1. The first-order chi connectivity index (χ1) is 14.3. The summed E-state index contributed by atoms with van der Waals surface area (Å²) >= 11 is 0. The fourth-order valence-electron chi connectivity index (χ4n) is 5.81. The number of likely N-dealkylation sites (tertiary alicyclic amines) is 1. The molecule has 3 aromatic rings. The molecular weight excluding hydrogens is 376 g/mol. The number of aromatic hydroxyl groups is 1. The molecule has 30 heavy (non-hydrogen) atoms. The van der Waals surface area contributed by atoms with Crippen molar-refractivity contribution < 1.29 is 14.6 Å². The van der Waals surface area contributed by atoms with Crippen molar-refractivity contribution in [2.75, 3.05) is 13.7 Å². The van der Waals surface area contributed by atoms with Crippen LogP contribution < -0.4 is 4.74 Å². The van der Waals surface area contributed by atoms with Crippen molar-refractivity contribution in [3.05, 3.63) is 59.3 Å². The van der Waals surface area contributed by atoms with Crippen LogP contribution in [0.5, 0.6) is 11.5 Å².